The van der Waals surface area contributed by atoms with Crippen molar-refractivity contribution in [3.8, 4) is 11.3 Å². The average Bonchev–Trinajstić information content (AvgIpc) is 3.77. The molecule has 0 atom stereocenters. The number of rotatable bonds is 8. The van der Waals surface area contributed by atoms with E-state index in [1.165, 1.54) is 43.1 Å². The van der Waals surface area contributed by atoms with Crippen LogP contribution in [0.15, 0.2) is 80.2 Å². The highest BCUT2D eigenvalue weighted by Gasteiger charge is 2.23. The van der Waals surface area contributed by atoms with E-state index in [1.54, 1.807) is 0 Å². The van der Waals surface area contributed by atoms with Gasteiger partial charge in [-0.1, -0.05) is 81.1 Å². The van der Waals surface area contributed by atoms with E-state index in [9.17, 15) is 0 Å². The molecular weight excluding hydrogens is 476 g/mol. The Morgan fingerprint density at radius 3 is 2.30 bits per heavy atom. The molecule has 1 aliphatic heterocycles. The van der Waals surface area contributed by atoms with Gasteiger partial charge in [-0.3, -0.25) is 0 Å². The van der Waals surface area contributed by atoms with Crippen LogP contribution >= 0.6 is 11.6 Å². The molecule has 0 unspecified atom stereocenters. The lowest BCUT2D eigenvalue weighted by Gasteiger charge is -2.39. The molecule has 5 rings (SSSR count). The van der Waals surface area contributed by atoms with Gasteiger partial charge in [-0.15, -0.1) is 0 Å². The summed E-state index contributed by atoms with van der Waals surface area (Å²) < 4.78 is 0. The second kappa shape index (κ2) is 12.3. The lowest BCUT2D eigenvalue weighted by molar-refractivity contribution is 0.209. The second-order valence-electron chi connectivity index (χ2n) is 9.94. The van der Waals surface area contributed by atoms with Gasteiger partial charge in [-0.2, -0.15) is 0 Å². The monoisotopic (exact) mass is 514 g/mol. The molecular formula is C32H39ClN4. The van der Waals surface area contributed by atoms with Crippen molar-refractivity contribution in [2.45, 2.75) is 44.9 Å². The predicted octanol–water partition coefficient (Wildman–Crippen LogP) is 7.81. The minimum Gasteiger partial charge on any atom is -0.405 e. The standard InChI is InChI=1S/C30H34ClN3.C2H5N/c1-4-5-6-21(2)33-15-17-34(18-16-33)22(3)26-13-14-27-28(31)20-29(32-30(27)19-26)25-11-9-24(10-12-25)23-7-8-23;1-2-3/h9-14,19-20,23H,2-8,15-18H2,1H3;2H,1,3H2. The Morgan fingerprint density at radius 1 is 1.03 bits per heavy atom. The Labute approximate surface area is 227 Å². The molecule has 2 fully saturated rings. The molecule has 2 aromatic carbocycles. The quantitative estimate of drug-likeness (QED) is 0.333. The van der Waals surface area contributed by atoms with Crippen molar-refractivity contribution >= 4 is 28.2 Å². The molecule has 4 nitrogen and oxygen atoms in total. The maximum Gasteiger partial charge on any atom is 0.0731 e. The highest BCUT2D eigenvalue weighted by molar-refractivity contribution is 6.35. The Hall–Kier alpha value is -3.24. The Kier molecular flexibility index (Phi) is 8.94. The van der Waals surface area contributed by atoms with Gasteiger partial charge in [-0.05, 0) is 61.1 Å². The van der Waals surface area contributed by atoms with Gasteiger partial charge in [0.25, 0.3) is 0 Å². The van der Waals surface area contributed by atoms with E-state index in [0.29, 0.717) is 0 Å². The van der Waals surface area contributed by atoms with Crippen LogP contribution in [0.2, 0.25) is 5.02 Å². The predicted molar refractivity (Wildman–Crippen MR) is 159 cm³/mol. The van der Waals surface area contributed by atoms with Gasteiger partial charge in [0.15, 0.2) is 0 Å². The summed E-state index contributed by atoms with van der Waals surface area (Å²) in [5.41, 5.74) is 12.4. The normalized spacial score (nSPS) is 15.2. The average molecular weight is 515 g/mol. The molecule has 1 saturated heterocycles. The Balaban J connectivity index is 0.00000102. The number of benzene rings is 2. The first-order valence-electron chi connectivity index (χ1n) is 13.3. The van der Waals surface area contributed by atoms with Crippen molar-refractivity contribution in [2.24, 2.45) is 5.73 Å². The molecule has 2 N–H and O–H groups in total. The number of hydrogen-bond donors (Lipinski definition) is 1. The minimum atomic E-state index is 0.739. The van der Waals surface area contributed by atoms with Crippen molar-refractivity contribution in [3.63, 3.8) is 0 Å². The number of unbranched alkanes of at least 4 members (excludes halogenated alkanes) is 1. The summed E-state index contributed by atoms with van der Waals surface area (Å²) in [4.78, 5) is 9.80. The maximum atomic E-state index is 6.68. The van der Waals surface area contributed by atoms with Gasteiger partial charge in [0.1, 0.15) is 0 Å². The zero-order valence-corrected chi connectivity index (χ0v) is 22.8. The van der Waals surface area contributed by atoms with E-state index in [-0.39, 0.29) is 0 Å². The van der Waals surface area contributed by atoms with Crippen LogP contribution in [0.25, 0.3) is 27.9 Å². The van der Waals surface area contributed by atoms with Crippen molar-refractivity contribution in [1.29, 1.82) is 0 Å². The van der Waals surface area contributed by atoms with E-state index in [0.717, 1.165) is 77.0 Å². The van der Waals surface area contributed by atoms with E-state index in [4.69, 9.17) is 16.6 Å². The summed E-state index contributed by atoms with van der Waals surface area (Å²) in [5, 5.41) is 1.72. The third kappa shape index (κ3) is 6.56. The molecule has 194 valence electrons. The van der Waals surface area contributed by atoms with Gasteiger partial charge in [-0.25, -0.2) is 4.98 Å². The molecule has 1 aliphatic carbocycles. The number of hydrogen-bond acceptors (Lipinski definition) is 4. The van der Waals surface area contributed by atoms with Crippen LogP contribution in [0, 0.1) is 0 Å². The van der Waals surface area contributed by atoms with Gasteiger partial charge in [0, 0.05) is 48.5 Å². The fourth-order valence-electron chi connectivity index (χ4n) is 4.87. The van der Waals surface area contributed by atoms with Gasteiger partial charge in [0.2, 0.25) is 0 Å². The zero-order valence-electron chi connectivity index (χ0n) is 22.1. The number of aromatic nitrogens is 1. The summed E-state index contributed by atoms with van der Waals surface area (Å²) >= 11 is 6.68. The van der Waals surface area contributed by atoms with Gasteiger partial charge in [0.05, 0.1) is 16.2 Å². The molecule has 0 radical (unpaired) electrons. The molecule has 1 aromatic heterocycles. The first-order valence-corrected chi connectivity index (χ1v) is 13.7. The molecule has 1 saturated carbocycles. The van der Waals surface area contributed by atoms with Gasteiger partial charge < -0.3 is 15.5 Å². The number of nitrogens with zero attached hydrogens (tertiary/aromatic N) is 3. The number of fused-ring (bicyclic) bond motifs is 1. The summed E-state index contributed by atoms with van der Waals surface area (Å²) in [7, 11) is 0. The number of nitrogens with two attached hydrogens (primary N) is 1. The van der Waals surface area contributed by atoms with Crippen molar-refractivity contribution in [3.05, 3.63) is 96.3 Å². The molecule has 37 heavy (non-hydrogen) atoms. The molecule has 5 heteroatoms. The van der Waals surface area contributed by atoms with E-state index in [2.05, 4.69) is 84.7 Å². The van der Waals surface area contributed by atoms with E-state index in [1.807, 2.05) is 6.07 Å². The summed E-state index contributed by atoms with van der Waals surface area (Å²) in [5.74, 6) is 0.757. The van der Waals surface area contributed by atoms with E-state index >= 15 is 0 Å². The minimum absolute atomic E-state index is 0.739. The van der Waals surface area contributed by atoms with Crippen LogP contribution in [0.1, 0.15) is 56.1 Å². The SMILES string of the molecule is C=C(CCCC)N1CCN(C(=C)c2ccc3c(Cl)cc(-c4ccc(C5CC5)cc4)nc3c2)CC1.C=CN. The second-order valence-corrected chi connectivity index (χ2v) is 10.4. The number of piperazine rings is 1. The topological polar surface area (TPSA) is 45.4 Å². The van der Waals surface area contributed by atoms with Crippen molar-refractivity contribution in [1.82, 2.24) is 14.8 Å². The lowest BCUT2D eigenvalue weighted by Crippen LogP contribution is -2.44. The largest absolute Gasteiger partial charge is 0.405 e. The highest BCUT2D eigenvalue weighted by atomic mass is 35.5. The Morgan fingerprint density at radius 2 is 1.68 bits per heavy atom. The number of halogens is 1. The van der Waals surface area contributed by atoms with Crippen LogP contribution in [0.3, 0.4) is 0 Å². The molecule has 2 heterocycles. The fraction of sp³-hybridized carbons (Fsp3) is 0.344. The first-order chi connectivity index (χ1) is 17.9. The van der Waals surface area contributed by atoms with Crippen LogP contribution < -0.4 is 5.73 Å². The van der Waals surface area contributed by atoms with E-state index < -0.39 is 0 Å². The summed E-state index contributed by atoms with van der Waals surface area (Å²) in [6.45, 7) is 18.0. The summed E-state index contributed by atoms with van der Waals surface area (Å²) in [6.07, 6.45) is 7.40. The van der Waals surface area contributed by atoms with Crippen LogP contribution in [0.4, 0.5) is 0 Å². The highest BCUT2D eigenvalue weighted by Crippen LogP contribution is 2.40. The molecule has 0 amide bonds. The number of pyridine rings is 1. The summed E-state index contributed by atoms with van der Waals surface area (Å²) in [6, 6.07) is 17.1. The fourth-order valence-corrected chi connectivity index (χ4v) is 5.13. The van der Waals surface area contributed by atoms with Gasteiger partial charge >= 0.3 is 0 Å². The lowest BCUT2D eigenvalue weighted by atomic mass is 10.0. The maximum absolute atomic E-state index is 6.68. The number of allylic oxidation sites excluding steroid dienone is 1. The first kappa shape index (κ1) is 26.8. The Bertz CT molecular complexity index is 1250. The zero-order chi connectivity index (χ0) is 26.4. The molecule has 0 bridgehead atoms. The smallest absolute Gasteiger partial charge is 0.0731 e. The molecule has 3 aromatic rings. The third-order valence-corrected chi connectivity index (χ3v) is 7.59. The van der Waals surface area contributed by atoms with Crippen LogP contribution in [0.5, 0.6) is 0 Å². The van der Waals surface area contributed by atoms with Crippen molar-refractivity contribution < 1.29 is 0 Å². The van der Waals surface area contributed by atoms with Crippen LogP contribution in [-0.4, -0.2) is 41.0 Å². The molecule has 2 aliphatic rings. The van der Waals surface area contributed by atoms with Crippen molar-refractivity contribution in [2.75, 3.05) is 26.2 Å². The third-order valence-electron chi connectivity index (χ3n) is 7.28. The molecule has 0 spiro atoms. The van der Waals surface area contributed by atoms with Crippen LogP contribution in [-0.2, 0) is 0 Å².